The third-order valence-corrected chi connectivity index (χ3v) is 2.18. The highest BCUT2D eigenvalue weighted by molar-refractivity contribution is 5.77. The van der Waals surface area contributed by atoms with Crippen molar-refractivity contribution in [1.82, 2.24) is 4.90 Å². The molecule has 5 heteroatoms. The number of hydrogen-bond donors (Lipinski definition) is 1. The molecule has 15 heavy (non-hydrogen) atoms. The van der Waals surface area contributed by atoms with E-state index >= 15 is 0 Å². The number of carbonyl (C=O) groups excluding carboxylic acids is 1. The zero-order chi connectivity index (χ0) is 11.7. The van der Waals surface area contributed by atoms with Gasteiger partial charge in [0.25, 0.3) is 0 Å². The number of likely N-dealkylation sites (tertiary alicyclic amines) is 1. The number of halogens is 1. The maximum Gasteiger partial charge on any atom is 0.389 e. The number of rotatable bonds is 2. The Morgan fingerprint density at radius 1 is 1.33 bits per heavy atom. The smallest absolute Gasteiger partial charge is 0.389 e. The molecule has 0 aromatic heterocycles. The molecule has 0 aliphatic carbocycles. The zero-order valence-corrected chi connectivity index (χ0v) is 9.42. The molecule has 1 saturated heterocycles. The van der Waals surface area contributed by atoms with Crippen molar-refractivity contribution in [3.05, 3.63) is 0 Å². The molecule has 1 atom stereocenters. The van der Waals surface area contributed by atoms with Gasteiger partial charge in [0.05, 0.1) is 0 Å². The van der Waals surface area contributed by atoms with Gasteiger partial charge in [0.15, 0.2) is 0 Å². The van der Waals surface area contributed by atoms with E-state index in [9.17, 15) is 14.3 Å². The molecular weight excluding hydrogens is 201 g/mol. The molecule has 1 rings (SSSR count). The van der Waals surface area contributed by atoms with Crippen molar-refractivity contribution in [2.75, 3.05) is 13.1 Å². The Morgan fingerprint density at radius 3 is 2.20 bits per heavy atom. The molecule has 0 aromatic carbocycles. The Balaban J connectivity index is 2.63. The van der Waals surface area contributed by atoms with Gasteiger partial charge in [0.2, 0.25) is 0 Å². The first-order chi connectivity index (χ1) is 6.73. The molecule has 0 amide bonds. The highest BCUT2D eigenvalue weighted by Gasteiger charge is 2.46. The van der Waals surface area contributed by atoms with Crippen molar-refractivity contribution in [1.29, 1.82) is 0 Å². The lowest BCUT2D eigenvalue weighted by Gasteiger charge is -2.30. The van der Waals surface area contributed by atoms with Crippen molar-refractivity contribution in [3.63, 3.8) is 0 Å². The average Bonchev–Trinajstić information content (AvgIpc) is 2.52. The normalized spacial score (nSPS) is 22.5. The first-order valence-corrected chi connectivity index (χ1v) is 5.13. The zero-order valence-electron chi connectivity index (χ0n) is 9.42. The van der Waals surface area contributed by atoms with Crippen LogP contribution in [0.1, 0.15) is 33.6 Å². The Bertz CT molecular complexity index is 242. The Labute approximate surface area is 89.0 Å². The lowest BCUT2D eigenvalue weighted by Crippen LogP contribution is -2.52. The van der Waals surface area contributed by atoms with Crippen molar-refractivity contribution in [2.24, 2.45) is 0 Å². The monoisotopic (exact) mass is 219 g/mol. The molecule has 4 nitrogen and oxygen atoms in total. The van der Waals surface area contributed by atoms with Crippen LogP contribution in [0.3, 0.4) is 0 Å². The highest BCUT2D eigenvalue weighted by Crippen LogP contribution is 2.24. The van der Waals surface area contributed by atoms with Crippen molar-refractivity contribution >= 4 is 5.97 Å². The van der Waals surface area contributed by atoms with Crippen LogP contribution in [0.2, 0.25) is 0 Å². The summed E-state index contributed by atoms with van der Waals surface area (Å²) in [4.78, 5) is 12.5. The van der Waals surface area contributed by atoms with Crippen LogP contribution in [0.4, 0.5) is 4.39 Å². The SMILES string of the molecule is CC(C)(C)OC(=O)C(O)(F)N1CCCC1. The standard InChI is InChI=1S/C10H18FNO3/c1-9(2,3)15-8(13)10(11,14)12-6-4-5-7-12/h14H,4-7H2,1-3H3. The first kappa shape index (κ1) is 12.4. The minimum atomic E-state index is -2.98. The van der Waals surface area contributed by atoms with Crippen molar-refractivity contribution < 1.29 is 19.0 Å². The van der Waals surface area contributed by atoms with E-state index in [-0.39, 0.29) is 0 Å². The minimum Gasteiger partial charge on any atom is -0.455 e. The molecule has 1 aliphatic heterocycles. The van der Waals surface area contributed by atoms with Gasteiger partial charge in [-0.1, -0.05) is 0 Å². The summed E-state index contributed by atoms with van der Waals surface area (Å²) in [6.45, 7) is 5.65. The molecule has 1 aliphatic rings. The molecular formula is C10H18FNO3. The van der Waals surface area contributed by atoms with Crippen molar-refractivity contribution in [3.8, 4) is 0 Å². The molecule has 0 saturated carbocycles. The Morgan fingerprint density at radius 2 is 1.80 bits per heavy atom. The molecule has 0 spiro atoms. The number of alkyl halides is 1. The second kappa shape index (κ2) is 4.06. The van der Waals surface area contributed by atoms with Gasteiger partial charge < -0.3 is 9.84 Å². The molecule has 0 aromatic rings. The quantitative estimate of drug-likeness (QED) is 0.557. The second-order valence-corrected chi connectivity index (χ2v) is 4.78. The van der Waals surface area contributed by atoms with Crippen LogP contribution in [0.15, 0.2) is 0 Å². The number of esters is 1. The first-order valence-electron chi connectivity index (χ1n) is 5.13. The van der Waals surface area contributed by atoms with Gasteiger partial charge in [-0.05, 0) is 33.6 Å². The van der Waals surface area contributed by atoms with Gasteiger partial charge >= 0.3 is 11.9 Å². The van der Waals surface area contributed by atoms with E-state index < -0.39 is 17.5 Å². The minimum absolute atomic E-state index is 0.381. The third kappa shape index (κ3) is 3.14. The van der Waals surface area contributed by atoms with Gasteiger partial charge in [0.1, 0.15) is 5.60 Å². The summed E-state index contributed by atoms with van der Waals surface area (Å²) < 4.78 is 18.5. The predicted molar refractivity (Wildman–Crippen MR) is 52.7 cm³/mol. The van der Waals surface area contributed by atoms with Crippen LogP contribution in [0, 0.1) is 0 Å². The van der Waals surface area contributed by atoms with Crippen LogP contribution in [-0.2, 0) is 9.53 Å². The number of aliphatic hydroxyl groups is 1. The number of ether oxygens (including phenoxy) is 1. The lowest BCUT2D eigenvalue weighted by atomic mass is 10.2. The Hall–Kier alpha value is -0.680. The van der Waals surface area contributed by atoms with Gasteiger partial charge in [-0.15, -0.1) is 0 Å². The summed E-state index contributed by atoms with van der Waals surface area (Å²) in [5.74, 6) is -4.21. The summed E-state index contributed by atoms with van der Waals surface area (Å²) in [6.07, 6.45) is 1.57. The van der Waals surface area contributed by atoms with Gasteiger partial charge in [-0.2, -0.15) is 4.39 Å². The largest absolute Gasteiger partial charge is 0.455 e. The number of nitrogens with zero attached hydrogens (tertiary/aromatic N) is 1. The fourth-order valence-electron chi connectivity index (χ4n) is 1.49. The van der Waals surface area contributed by atoms with Crippen LogP contribution in [-0.4, -0.2) is 40.6 Å². The topological polar surface area (TPSA) is 49.8 Å². The highest BCUT2D eigenvalue weighted by atomic mass is 19.2. The fraction of sp³-hybridized carbons (Fsp3) is 0.900. The van der Waals surface area contributed by atoms with E-state index in [1.165, 1.54) is 0 Å². The molecule has 1 heterocycles. The molecule has 0 radical (unpaired) electrons. The van der Waals surface area contributed by atoms with Crippen LogP contribution < -0.4 is 0 Å². The summed E-state index contributed by atoms with van der Waals surface area (Å²) in [5.41, 5.74) is -0.795. The molecule has 1 N–H and O–H groups in total. The van der Waals surface area contributed by atoms with Crippen molar-refractivity contribution in [2.45, 2.75) is 45.2 Å². The second-order valence-electron chi connectivity index (χ2n) is 4.78. The maximum atomic E-state index is 13.7. The van der Waals surface area contributed by atoms with E-state index in [4.69, 9.17) is 4.74 Å². The third-order valence-electron chi connectivity index (χ3n) is 2.18. The van der Waals surface area contributed by atoms with E-state index in [0.717, 1.165) is 17.7 Å². The summed E-state index contributed by atoms with van der Waals surface area (Å²) >= 11 is 0. The average molecular weight is 219 g/mol. The van der Waals surface area contributed by atoms with Gasteiger partial charge in [-0.25, -0.2) is 9.69 Å². The predicted octanol–water partition coefficient (Wildman–Crippen LogP) is 1.04. The van der Waals surface area contributed by atoms with Gasteiger partial charge in [-0.3, -0.25) is 0 Å². The molecule has 0 bridgehead atoms. The molecule has 88 valence electrons. The van der Waals surface area contributed by atoms with Crippen LogP contribution in [0.25, 0.3) is 0 Å². The van der Waals surface area contributed by atoms with E-state index in [0.29, 0.717) is 13.1 Å². The van der Waals surface area contributed by atoms with E-state index in [2.05, 4.69) is 0 Å². The maximum absolute atomic E-state index is 13.7. The number of carbonyl (C=O) groups is 1. The summed E-state index contributed by atoms with van der Waals surface area (Å²) in [7, 11) is 0. The van der Waals surface area contributed by atoms with Crippen LogP contribution in [0.5, 0.6) is 0 Å². The van der Waals surface area contributed by atoms with E-state index in [1.807, 2.05) is 0 Å². The summed E-state index contributed by atoms with van der Waals surface area (Å²) in [5, 5.41) is 9.43. The van der Waals surface area contributed by atoms with Gasteiger partial charge in [0, 0.05) is 13.1 Å². The lowest BCUT2D eigenvalue weighted by molar-refractivity contribution is -0.236. The Kier molecular flexibility index (Phi) is 3.35. The molecule has 1 unspecified atom stereocenters. The molecule has 1 fully saturated rings. The fourth-order valence-corrected chi connectivity index (χ4v) is 1.49. The van der Waals surface area contributed by atoms with E-state index in [1.54, 1.807) is 20.8 Å². The number of hydrogen-bond acceptors (Lipinski definition) is 4. The summed E-state index contributed by atoms with van der Waals surface area (Å²) in [6, 6.07) is 0. The van der Waals surface area contributed by atoms with Crippen LogP contribution >= 0.6 is 0 Å².